The summed E-state index contributed by atoms with van der Waals surface area (Å²) in [5, 5.41) is 10.2. The lowest BCUT2D eigenvalue weighted by Gasteiger charge is -2.04. The number of nitrogen functional groups attached to an aromatic ring is 1. The topological polar surface area (TPSA) is 66.9 Å². The summed E-state index contributed by atoms with van der Waals surface area (Å²) in [4.78, 5) is 11.4. The van der Waals surface area contributed by atoms with Crippen LogP contribution in [-0.2, 0) is 0 Å². The molecule has 5 heteroatoms. The van der Waals surface area contributed by atoms with Crippen molar-refractivity contribution >= 4 is 23.2 Å². The summed E-state index contributed by atoms with van der Waals surface area (Å²) >= 11 is 0.742. The zero-order chi connectivity index (χ0) is 10.7. The van der Waals surface area contributed by atoms with Gasteiger partial charge in [-0.25, -0.2) is 4.39 Å². The molecule has 3 nitrogen and oxygen atoms in total. The lowest BCUT2D eigenvalue weighted by atomic mass is 10.1. The van der Waals surface area contributed by atoms with Gasteiger partial charge in [-0.05, 0) is 30.8 Å². The van der Waals surface area contributed by atoms with E-state index in [0.29, 0.717) is 4.90 Å². The van der Waals surface area contributed by atoms with Gasteiger partial charge in [-0.3, -0.25) is 4.79 Å². The number of Topliss-reactive ketones (excluding diaryl/α,β-unsaturated/α-hetero) is 1. The highest BCUT2D eigenvalue weighted by molar-refractivity contribution is 8.03. The molecule has 14 heavy (non-hydrogen) atoms. The van der Waals surface area contributed by atoms with E-state index in [0.717, 1.165) is 17.8 Å². The van der Waals surface area contributed by atoms with Crippen molar-refractivity contribution in [2.45, 2.75) is 11.8 Å². The Labute approximate surface area is 84.7 Å². The van der Waals surface area contributed by atoms with E-state index in [9.17, 15) is 9.18 Å². The van der Waals surface area contributed by atoms with Gasteiger partial charge in [-0.15, -0.1) is 0 Å². The molecule has 0 amide bonds. The number of hydrogen-bond acceptors (Lipinski definition) is 4. The van der Waals surface area contributed by atoms with Crippen molar-refractivity contribution in [1.82, 2.24) is 0 Å². The number of halogens is 1. The van der Waals surface area contributed by atoms with Crippen LogP contribution in [0.2, 0.25) is 0 Å². The number of thiocyanates is 1. The molecule has 0 saturated carbocycles. The van der Waals surface area contributed by atoms with E-state index in [-0.39, 0.29) is 17.0 Å². The number of nitrogens with zero attached hydrogens (tertiary/aromatic N) is 1. The van der Waals surface area contributed by atoms with Gasteiger partial charge in [0.2, 0.25) is 0 Å². The van der Waals surface area contributed by atoms with Gasteiger partial charge in [0.25, 0.3) is 0 Å². The number of rotatable bonds is 2. The largest absolute Gasteiger partial charge is 0.396 e. The number of anilines is 1. The second-order valence-electron chi connectivity index (χ2n) is 2.62. The standard InChI is InChI=1S/C9H7FN2OS/c1-5(13)6-2-8(12)7(10)3-9(6)14-4-11/h2-3H,12H2,1H3. The van der Waals surface area contributed by atoms with Crippen molar-refractivity contribution in [1.29, 1.82) is 5.26 Å². The fourth-order valence-corrected chi connectivity index (χ4v) is 1.55. The summed E-state index contributed by atoms with van der Waals surface area (Å²) in [5.74, 6) is -0.859. The molecule has 1 aromatic rings. The molecule has 0 aromatic heterocycles. The Morgan fingerprint density at radius 3 is 2.79 bits per heavy atom. The Bertz CT molecular complexity index is 426. The molecule has 0 heterocycles. The van der Waals surface area contributed by atoms with Crippen LogP contribution >= 0.6 is 11.8 Å². The predicted molar refractivity (Wildman–Crippen MR) is 52.3 cm³/mol. The Balaban J connectivity index is 3.32. The van der Waals surface area contributed by atoms with E-state index >= 15 is 0 Å². The average Bonchev–Trinajstić information content (AvgIpc) is 2.11. The van der Waals surface area contributed by atoms with Crippen LogP contribution in [0.4, 0.5) is 10.1 Å². The van der Waals surface area contributed by atoms with E-state index in [4.69, 9.17) is 11.0 Å². The average molecular weight is 210 g/mol. The van der Waals surface area contributed by atoms with Gasteiger partial charge in [0.15, 0.2) is 5.78 Å². The molecule has 1 rings (SSSR count). The molecule has 0 fully saturated rings. The first kappa shape index (κ1) is 10.5. The summed E-state index contributed by atoms with van der Waals surface area (Å²) in [6, 6.07) is 2.34. The lowest BCUT2D eigenvalue weighted by molar-refractivity contribution is 0.101. The summed E-state index contributed by atoms with van der Waals surface area (Å²) in [6.45, 7) is 1.34. The van der Waals surface area contributed by atoms with Crippen LogP contribution in [0.3, 0.4) is 0 Å². The van der Waals surface area contributed by atoms with Crippen LogP contribution in [0, 0.1) is 16.5 Å². The molecule has 0 bridgehead atoms. The van der Waals surface area contributed by atoms with Crippen LogP contribution in [0.1, 0.15) is 17.3 Å². The maximum atomic E-state index is 13.0. The van der Waals surface area contributed by atoms with Crippen LogP contribution in [0.5, 0.6) is 0 Å². The molecular weight excluding hydrogens is 203 g/mol. The van der Waals surface area contributed by atoms with E-state index in [1.807, 2.05) is 0 Å². The number of thioether (sulfide) groups is 1. The van der Waals surface area contributed by atoms with Crippen molar-refractivity contribution in [3.63, 3.8) is 0 Å². The van der Waals surface area contributed by atoms with Crippen molar-refractivity contribution in [2.75, 3.05) is 5.73 Å². The molecule has 2 N–H and O–H groups in total. The Hall–Kier alpha value is -1.54. The van der Waals surface area contributed by atoms with Crippen LogP contribution in [-0.4, -0.2) is 5.78 Å². The third-order valence-corrected chi connectivity index (χ3v) is 2.28. The van der Waals surface area contributed by atoms with E-state index in [1.54, 1.807) is 5.40 Å². The maximum Gasteiger partial charge on any atom is 0.161 e. The second-order valence-corrected chi connectivity index (χ2v) is 3.45. The van der Waals surface area contributed by atoms with Gasteiger partial charge in [-0.2, -0.15) is 5.26 Å². The van der Waals surface area contributed by atoms with E-state index in [2.05, 4.69) is 0 Å². The second kappa shape index (κ2) is 4.11. The SMILES string of the molecule is CC(=O)c1cc(N)c(F)cc1SC#N. The smallest absolute Gasteiger partial charge is 0.161 e. The predicted octanol–water partition coefficient (Wildman–Crippen LogP) is 2.18. The van der Waals surface area contributed by atoms with E-state index < -0.39 is 5.82 Å². The number of benzene rings is 1. The first-order valence-electron chi connectivity index (χ1n) is 3.72. The van der Waals surface area contributed by atoms with Crippen molar-refractivity contribution in [3.05, 3.63) is 23.5 Å². The summed E-state index contributed by atoms with van der Waals surface area (Å²) in [5.41, 5.74) is 5.49. The zero-order valence-electron chi connectivity index (χ0n) is 7.37. The van der Waals surface area contributed by atoms with Crippen molar-refractivity contribution in [3.8, 4) is 5.40 Å². The Morgan fingerprint density at radius 2 is 2.29 bits per heavy atom. The van der Waals surface area contributed by atoms with Gasteiger partial charge < -0.3 is 5.73 Å². The minimum Gasteiger partial charge on any atom is -0.396 e. The summed E-state index contributed by atoms with van der Waals surface area (Å²) in [6.07, 6.45) is 0. The summed E-state index contributed by atoms with van der Waals surface area (Å²) < 4.78 is 13.0. The molecule has 0 saturated heterocycles. The molecule has 0 aliphatic rings. The number of carbonyl (C=O) groups is 1. The van der Waals surface area contributed by atoms with Gasteiger partial charge in [0, 0.05) is 10.5 Å². The third-order valence-electron chi connectivity index (χ3n) is 1.63. The first-order chi connectivity index (χ1) is 6.56. The molecule has 0 unspecified atom stereocenters. The molecule has 0 aliphatic carbocycles. The highest BCUT2D eigenvalue weighted by Gasteiger charge is 2.11. The third kappa shape index (κ3) is 2.03. The zero-order valence-corrected chi connectivity index (χ0v) is 8.19. The molecule has 72 valence electrons. The number of carbonyl (C=O) groups excluding carboxylic acids is 1. The Morgan fingerprint density at radius 1 is 1.64 bits per heavy atom. The van der Waals surface area contributed by atoms with Crippen LogP contribution < -0.4 is 5.73 Å². The van der Waals surface area contributed by atoms with Crippen LogP contribution in [0.25, 0.3) is 0 Å². The van der Waals surface area contributed by atoms with E-state index in [1.165, 1.54) is 13.0 Å². The van der Waals surface area contributed by atoms with Gasteiger partial charge in [-0.1, -0.05) is 0 Å². The highest BCUT2D eigenvalue weighted by atomic mass is 32.2. The first-order valence-corrected chi connectivity index (χ1v) is 4.53. The van der Waals surface area contributed by atoms with Gasteiger partial charge >= 0.3 is 0 Å². The lowest BCUT2D eigenvalue weighted by Crippen LogP contribution is -1.99. The quantitative estimate of drug-likeness (QED) is 0.351. The highest BCUT2D eigenvalue weighted by Crippen LogP contribution is 2.26. The number of ketones is 1. The van der Waals surface area contributed by atoms with Crippen molar-refractivity contribution < 1.29 is 9.18 Å². The monoisotopic (exact) mass is 210 g/mol. The van der Waals surface area contributed by atoms with Gasteiger partial charge in [0.1, 0.15) is 11.2 Å². The normalized spacial score (nSPS) is 9.50. The van der Waals surface area contributed by atoms with Crippen LogP contribution in [0.15, 0.2) is 17.0 Å². The molecular formula is C9H7FN2OS. The number of nitriles is 1. The fourth-order valence-electron chi connectivity index (χ4n) is 0.980. The molecule has 1 aromatic carbocycles. The number of nitrogens with two attached hydrogens (primary N) is 1. The molecule has 0 aliphatic heterocycles. The summed E-state index contributed by atoms with van der Waals surface area (Å²) in [7, 11) is 0. The minimum absolute atomic E-state index is 0.0857. The molecule has 0 spiro atoms. The molecule has 0 radical (unpaired) electrons. The minimum atomic E-state index is -0.618. The van der Waals surface area contributed by atoms with Crippen molar-refractivity contribution in [2.24, 2.45) is 0 Å². The van der Waals surface area contributed by atoms with Gasteiger partial charge in [0.05, 0.1) is 5.69 Å². The Kier molecular flexibility index (Phi) is 3.10. The fraction of sp³-hybridized carbons (Fsp3) is 0.111. The molecule has 0 atom stereocenters. The number of hydrogen-bond donors (Lipinski definition) is 1. The maximum absolute atomic E-state index is 13.0.